The van der Waals surface area contributed by atoms with Crippen LogP contribution in [0.4, 0.5) is 5.82 Å². The van der Waals surface area contributed by atoms with Crippen molar-refractivity contribution in [2.45, 2.75) is 77.2 Å². The van der Waals surface area contributed by atoms with E-state index >= 15 is 0 Å². The van der Waals surface area contributed by atoms with Crippen molar-refractivity contribution in [1.82, 2.24) is 19.3 Å². The number of anilines is 1. The minimum Gasteiger partial charge on any atom is -0.477 e. The first kappa shape index (κ1) is 22.1. The van der Waals surface area contributed by atoms with E-state index < -0.39 is 0 Å². The van der Waals surface area contributed by atoms with Gasteiger partial charge in [0.2, 0.25) is 11.8 Å². The number of hydrogen-bond acceptors (Lipinski definition) is 7. The molecule has 5 rings (SSSR count). The van der Waals surface area contributed by atoms with Crippen LogP contribution in [0.15, 0.2) is 22.0 Å². The molecule has 33 heavy (non-hydrogen) atoms. The van der Waals surface area contributed by atoms with Crippen molar-refractivity contribution in [1.29, 1.82) is 0 Å². The summed E-state index contributed by atoms with van der Waals surface area (Å²) in [6.07, 6.45) is 4.73. The second kappa shape index (κ2) is 8.59. The Balaban J connectivity index is 1.19. The minimum absolute atomic E-state index is 0.141. The Hall–Kier alpha value is -2.68. The fourth-order valence-corrected chi connectivity index (χ4v) is 5.08. The highest BCUT2D eigenvalue weighted by molar-refractivity contribution is 7.03. The second-order valence-electron chi connectivity index (χ2n) is 10.4. The molecule has 176 valence electrons. The van der Waals surface area contributed by atoms with Gasteiger partial charge in [-0.05, 0) is 76.7 Å². The van der Waals surface area contributed by atoms with Crippen LogP contribution >= 0.6 is 11.5 Å². The third-order valence-corrected chi connectivity index (χ3v) is 6.96. The normalized spacial score (nSPS) is 20.5. The molecule has 0 aromatic carbocycles. The Kier molecular flexibility index (Phi) is 5.76. The van der Waals surface area contributed by atoms with Gasteiger partial charge in [-0.15, -0.1) is 0 Å². The lowest BCUT2D eigenvalue weighted by atomic mass is 9.74. The van der Waals surface area contributed by atoms with Crippen molar-refractivity contribution in [2.24, 2.45) is 5.92 Å². The molecule has 0 aliphatic heterocycles. The second-order valence-corrected chi connectivity index (χ2v) is 11.0. The molecular formula is C24H31N5O3S. The fraction of sp³-hybridized carbons (Fsp3) is 0.583. The Morgan fingerprint density at radius 3 is 2.73 bits per heavy atom. The van der Waals surface area contributed by atoms with Crippen LogP contribution in [0.3, 0.4) is 0 Å². The minimum atomic E-state index is -0.250. The number of nitrogens with zero attached hydrogens (tertiary/aromatic N) is 4. The molecule has 0 atom stereocenters. The molecular weight excluding hydrogens is 438 g/mol. The maximum absolute atomic E-state index is 12.6. The average molecular weight is 470 g/mol. The van der Waals surface area contributed by atoms with Gasteiger partial charge in [0.25, 0.3) is 0 Å². The van der Waals surface area contributed by atoms with Gasteiger partial charge in [0, 0.05) is 29.0 Å². The van der Waals surface area contributed by atoms with Gasteiger partial charge in [-0.3, -0.25) is 4.79 Å². The first-order valence-corrected chi connectivity index (χ1v) is 12.5. The van der Waals surface area contributed by atoms with E-state index in [2.05, 4.69) is 41.0 Å². The van der Waals surface area contributed by atoms with Crippen LogP contribution in [-0.2, 0) is 16.8 Å². The maximum Gasteiger partial charge on any atom is 0.233 e. The fourth-order valence-electron chi connectivity index (χ4n) is 4.36. The topological polar surface area (TPSA) is 95.1 Å². The molecule has 0 unspecified atom stereocenters. The number of rotatable bonds is 8. The highest BCUT2D eigenvalue weighted by Crippen LogP contribution is 2.46. The van der Waals surface area contributed by atoms with Gasteiger partial charge >= 0.3 is 0 Å². The van der Waals surface area contributed by atoms with Gasteiger partial charge in [-0.1, -0.05) is 5.16 Å². The molecule has 0 bridgehead atoms. The number of aryl methyl sites for hydroxylation is 1. The number of carbonyl (C=O) groups is 1. The van der Waals surface area contributed by atoms with Crippen LogP contribution in [-0.4, -0.2) is 31.8 Å². The first-order valence-electron chi connectivity index (χ1n) is 11.7. The molecule has 2 aliphatic rings. The van der Waals surface area contributed by atoms with E-state index in [1.807, 2.05) is 17.7 Å². The van der Waals surface area contributed by atoms with Gasteiger partial charge in [0.15, 0.2) is 0 Å². The summed E-state index contributed by atoms with van der Waals surface area (Å²) in [5, 5.41) is 13.9. The van der Waals surface area contributed by atoms with E-state index in [-0.39, 0.29) is 17.9 Å². The highest BCUT2D eigenvalue weighted by atomic mass is 32.1. The molecule has 1 N–H and O–H groups in total. The van der Waals surface area contributed by atoms with Crippen molar-refractivity contribution < 1.29 is 14.1 Å². The summed E-state index contributed by atoms with van der Waals surface area (Å²) in [6, 6.07) is 3.80. The van der Waals surface area contributed by atoms with E-state index in [9.17, 15) is 4.79 Å². The van der Waals surface area contributed by atoms with Crippen LogP contribution in [0, 0.1) is 12.8 Å². The van der Waals surface area contributed by atoms with Gasteiger partial charge in [-0.25, -0.2) is 4.68 Å². The molecule has 2 saturated carbocycles. The summed E-state index contributed by atoms with van der Waals surface area (Å²) in [6.45, 7) is 8.80. The lowest BCUT2D eigenvalue weighted by molar-refractivity contribution is -0.115. The Labute approximate surface area is 197 Å². The summed E-state index contributed by atoms with van der Waals surface area (Å²) in [4.78, 5) is 12.6. The zero-order valence-electron chi connectivity index (χ0n) is 19.6. The summed E-state index contributed by atoms with van der Waals surface area (Å²) in [5.41, 5.74) is 2.83. The predicted molar refractivity (Wildman–Crippen MR) is 126 cm³/mol. The largest absolute Gasteiger partial charge is 0.477 e. The highest BCUT2D eigenvalue weighted by Gasteiger charge is 2.35. The lowest BCUT2D eigenvalue weighted by Gasteiger charge is -2.34. The summed E-state index contributed by atoms with van der Waals surface area (Å²) in [7, 11) is 0. The standard InChI is InChI=1S/C24H31N5O3S/c1-14-7-18(32-27-14)10-22(30)25-21-11-20(26-29(21)24(2,3)4)17-8-15(9-17)12-31-23-19(13-33-28-23)16-5-6-16/h7,11,13,15-17H,5-6,8-10,12H2,1-4H3,(H,25,30). The maximum atomic E-state index is 12.6. The van der Waals surface area contributed by atoms with Gasteiger partial charge < -0.3 is 14.6 Å². The Morgan fingerprint density at radius 1 is 1.27 bits per heavy atom. The zero-order chi connectivity index (χ0) is 23.2. The first-order chi connectivity index (χ1) is 15.8. The predicted octanol–water partition coefficient (Wildman–Crippen LogP) is 5.02. The van der Waals surface area contributed by atoms with E-state index in [1.165, 1.54) is 29.9 Å². The number of carbonyl (C=O) groups excluding carboxylic acids is 1. The van der Waals surface area contributed by atoms with Crippen molar-refractivity contribution in [3.8, 4) is 5.88 Å². The molecule has 8 nitrogen and oxygen atoms in total. The van der Waals surface area contributed by atoms with Crippen molar-refractivity contribution in [2.75, 3.05) is 11.9 Å². The Morgan fingerprint density at radius 2 is 2.06 bits per heavy atom. The summed E-state index contributed by atoms with van der Waals surface area (Å²) >= 11 is 1.49. The lowest BCUT2D eigenvalue weighted by Crippen LogP contribution is -2.29. The number of amides is 1. The molecule has 0 saturated heterocycles. The van der Waals surface area contributed by atoms with Crippen LogP contribution in [0.1, 0.15) is 81.0 Å². The molecule has 9 heteroatoms. The van der Waals surface area contributed by atoms with Crippen LogP contribution in [0.2, 0.25) is 0 Å². The van der Waals surface area contributed by atoms with E-state index in [1.54, 1.807) is 6.07 Å². The SMILES string of the molecule is Cc1cc(CC(=O)Nc2cc(C3CC(COc4nscc4C4CC4)C3)nn2C(C)(C)C)on1. The quantitative estimate of drug-likeness (QED) is 0.498. The van der Waals surface area contributed by atoms with Gasteiger partial charge in [-0.2, -0.15) is 9.47 Å². The molecule has 0 spiro atoms. The van der Waals surface area contributed by atoms with Crippen molar-refractivity contribution in [3.05, 3.63) is 40.2 Å². The third kappa shape index (κ3) is 4.98. The van der Waals surface area contributed by atoms with Crippen LogP contribution < -0.4 is 10.1 Å². The molecule has 3 heterocycles. The molecule has 2 aliphatic carbocycles. The monoisotopic (exact) mass is 469 g/mol. The van der Waals surface area contributed by atoms with Gasteiger partial charge in [0.05, 0.1) is 30.0 Å². The zero-order valence-corrected chi connectivity index (χ0v) is 20.4. The smallest absolute Gasteiger partial charge is 0.233 e. The number of ether oxygens (including phenoxy) is 1. The molecule has 2 fully saturated rings. The van der Waals surface area contributed by atoms with Crippen molar-refractivity contribution >= 4 is 23.3 Å². The molecule has 0 radical (unpaired) electrons. The summed E-state index contributed by atoms with van der Waals surface area (Å²) in [5.74, 6) is 3.53. The van der Waals surface area contributed by atoms with Crippen molar-refractivity contribution in [3.63, 3.8) is 0 Å². The van der Waals surface area contributed by atoms with E-state index in [0.29, 0.717) is 30.1 Å². The van der Waals surface area contributed by atoms with Gasteiger partial charge in [0.1, 0.15) is 11.6 Å². The third-order valence-electron chi connectivity index (χ3n) is 6.33. The van der Waals surface area contributed by atoms with Crippen LogP contribution in [0.25, 0.3) is 0 Å². The number of aromatic nitrogens is 4. The molecule has 1 amide bonds. The molecule has 3 aromatic rings. The van der Waals surface area contributed by atoms with E-state index in [0.717, 1.165) is 35.9 Å². The van der Waals surface area contributed by atoms with Crippen LogP contribution in [0.5, 0.6) is 5.88 Å². The summed E-state index contributed by atoms with van der Waals surface area (Å²) < 4.78 is 17.6. The van der Waals surface area contributed by atoms with E-state index in [4.69, 9.17) is 14.4 Å². The average Bonchev–Trinajstić information content (AvgIpc) is 3.08. The number of nitrogens with one attached hydrogen (secondary N) is 1. The Bertz CT molecular complexity index is 1130. The molecule has 3 aromatic heterocycles. The number of hydrogen-bond donors (Lipinski definition) is 1.